The molecule has 0 saturated heterocycles. The molecule has 5 heteroatoms. The molecule has 0 aliphatic carbocycles. The third kappa shape index (κ3) is 4.20. The normalized spacial score (nSPS) is 12.4. The van der Waals surface area contributed by atoms with E-state index >= 15 is 0 Å². The van der Waals surface area contributed by atoms with Crippen LogP contribution in [0, 0.1) is 6.92 Å². The maximum absolute atomic E-state index is 12.7. The second kappa shape index (κ2) is 7.42. The molecular weight excluding hydrogens is 290 g/mol. The van der Waals surface area contributed by atoms with Crippen LogP contribution in [0.5, 0.6) is 5.75 Å². The predicted octanol–water partition coefficient (Wildman–Crippen LogP) is 2.62. The highest BCUT2D eigenvalue weighted by Gasteiger charge is 2.16. The number of hydrogen-bond donors (Lipinski definition) is 1. The quantitative estimate of drug-likeness (QED) is 0.890. The van der Waals surface area contributed by atoms with Crippen molar-refractivity contribution < 1.29 is 9.53 Å². The van der Waals surface area contributed by atoms with Crippen LogP contribution in [0.1, 0.15) is 29.4 Å². The number of nitrogens with zero attached hydrogens (tertiary/aromatic N) is 2. The van der Waals surface area contributed by atoms with Crippen LogP contribution in [0.25, 0.3) is 10.9 Å². The number of nitrogens with one attached hydrogen (secondary N) is 1. The number of amides is 1. The van der Waals surface area contributed by atoms with Gasteiger partial charge in [-0.05, 0) is 45.6 Å². The summed E-state index contributed by atoms with van der Waals surface area (Å²) in [5.74, 6) is 0.681. The first kappa shape index (κ1) is 17.2. The second-order valence-electron chi connectivity index (χ2n) is 6.04. The summed E-state index contributed by atoms with van der Waals surface area (Å²) >= 11 is 0. The summed E-state index contributed by atoms with van der Waals surface area (Å²) in [6.45, 7) is 4.79. The van der Waals surface area contributed by atoms with E-state index < -0.39 is 0 Å². The molecule has 0 fully saturated rings. The van der Waals surface area contributed by atoms with Gasteiger partial charge in [-0.2, -0.15) is 0 Å². The Morgan fingerprint density at radius 1 is 1.35 bits per heavy atom. The zero-order valence-electron chi connectivity index (χ0n) is 14.5. The molecule has 5 nitrogen and oxygen atoms in total. The molecule has 1 N–H and O–H groups in total. The fourth-order valence-corrected chi connectivity index (χ4v) is 2.64. The Morgan fingerprint density at radius 2 is 2.09 bits per heavy atom. The Bertz CT molecular complexity index is 698. The minimum Gasteiger partial charge on any atom is -0.497 e. The summed E-state index contributed by atoms with van der Waals surface area (Å²) in [7, 11) is 5.64. The number of benzene rings is 1. The Labute approximate surface area is 137 Å². The average Bonchev–Trinajstić information content (AvgIpc) is 2.52. The number of carbonyl (C=O) groups is 1. The Kier molecular flexibility index (Phi) is 5.55. The summed E-state index contributed by atoms with van der Waals surface area (Å²) < 4.78 is 5.24. The van der Waals surface area contributed by atoms with Gasteiger partial charge in [0.2, 0.25) is 0 Å². The number of fused-ring (bicyclic) bond motifs is 1. The molecule has 1 amide bonds. The van der Waals surface area contributed by atoms with E-state index in [1.807, 2.05) is 45.3 Å². The van der Waals surface area contributed by atoms with Gasteiger partial charge in [0.15, 0.2) is 0 Å². The summed E-state index contributed by atoms with van der Waals surface area (Å²) in [5, 5.41) is 3.96. The van der Waals surface area contributed by atoms with Crippen molar-refractivity contribution in [3.8, 4) is 5.75 Å². The van der Waals surface area contributed by atoms with E-state index in [0.29, 0.717) is 5.56 Å². The number of likely N-dealkylation sites (N-methyl/N-ethyl adjacent to an activating group) is 1. The predicted molar refractivity (Wildman–Crippen MR) is 93.1 cm³/mol. The molecule has 2 rings (SSSR count). The number of hydrogen-bond acceptors (Lipinski definition) is 4. The molecule has 124 valence electrons. The molecule has 0 bridgehead atoms. The number of ether oxygens (including phenoxy) is 1. The molecule has 23 heavy (non-hydrogen) atoms. The molecule has 0 spiro atoms. The van der Waals surface area contributed by atoms with Gasteiger partial charge in [0.05, 0.1) is 18.2 Å². The van der Waals surface area contributed by atoms with Gasteiger partial charge in [0, 0.05) is 29.7 Å². The van der Waals surface area contributed by atoms with E-state index in [1.54, 1.807) is 7.11 Å². The third-order valence-electron chi connectivity index (χ3n) is 3.80. The molecule has 1 heterocycles. The second-order valence-corrected chi connectivity index (χ2v) is 6.04. The molecule has 1 unspecified atom stereocenters. The van der Waals surface area contributed by atoms with E-state index in [4.69, 9.17) is 4.74 Å². The van der Waals surface area contributed by atoms with Crippen LogP contribution < -0.4 is 10.1 Å². The third-order valence-corrected chi connectivity index (χ3v) is 3.80. The van der Waals surface area contributed by atoms with Crippen molar-refractivity contribution in [1.29, 1.82) is 0 Å². The van der Waals surface area contributed by atoms with Gasteiger partial charge in [-0.25, -0.2) is 0 Å². The van der Waals surface area contributed by atoms with Crippen LogP contribution >= 0.6 is 0 Å². The number of carbonyl (C=O) groups excluding carboxylic acids is 1. The first-order valence-corrected chi connectivity index (χ1v) is 7.85. The van der Waals surface area contributed by atoms with E-state index in [9.17, 15) is 4.79 Å². The lowest BCUT2D eigenvalue weighted by Gasteiger charge is -2.21. The summed E-state index contributed by atoms with van der Waals surface area (Å²) in [5.41, 5.74) is 2.25. The topological polar surface area (TPSA) is 54.5 Å². The van der Waals surface area contributed by atoms with Crippen molar-refractivity contribution in [2.24, 2.45) is 0 Å². The van der Waals surface area contributed by atoms with Gasteiger partial charge in [-0.3, -0.25) is 9.78 Å². The molecule has 0 aliphatic rings. The van der Waals surface area contributed by atoms with Gasteiger partial charge >= 0.3 is 0 Å². The molecule has 1 aromatic heterocycles. The van der Waals surface area contributed by atoms with E-state index in [0.717, 1.165) is 35.3 Å². The molecule has 0 saturated carbocycles. The standard InChI is InChI=1S/C18H25N3O2/c1-6-13(11-21(3)4)20-18(22)16-9-12(2)19-17-10-14(23-5)7-8-15(16)17/h7-10,13H,6,11H2,1-5H3,(H,20,22). The van der Waals surface area contributed by atoms with Crippen molar-refractivity contribution in [3.05, 3.63) is 35.5 Å². The van der Waals surface area contributed by atoms with Crippen LogP contribution in [0.4, 0.5) is 0 Å². The largest absolute Gasteiger partial charge is 0.497 e. The Morgan fingerprint density at radius 3 is 2.70 bits per heavy atom. The van der Waals surface area contributed by atoms with E-state index in [1.165, 1.54) is 0 Å². The number of aromatic nitrogens is 1. The molecule has 1 atom stereocenters. The first-order chi connectivity index (χ1) is 10.9. The maximum Gasteiger partial charge on any atom is 0.252 e. The Balaban J connectivity index is 2.36. The van der Waals surface area contributed by atoms with Crippen molar-refractivity contribution >= 4 is 16.8 Å². The van der Waals surface area contributed by atoms with Crippen LogP contribution in [0.3, 0.4) is 0 Å². The van der Waals surface area contributed by atoms with Crippen molar-refractivity contribution in [1.82, 2.24) is 15.2 Å². The maximum atomic E-state index is 12.7. The molecular formula is C18H25N3O2. The minimum atomic E-state index is -0.0561. The first-order valence-electron chi connectivity index (χ1n) is 7.85. The summed E-state index contributed by atoms with van der Waals surface area (Å²) in [6, 6.07) is 7.57. The fourth-order valence-electron chi connectivity index (χ4n) is 2.64. The van der Waals surface area contributed by atoms with Crippen molar-refractivity contribution in [3.63, 3.8) is 0 Å². The highest BCUT2D eigenvalue weighted by Crippen LogP contribution is 2.23. The molecule has 2 aromatic rings. The minimum absolute atomic E-state index is 0.0561. The van der Waals surface area contributed by atoms with Crippen LogP contribution in [-0.2, 0) is 0 Å². The van der Waals surface area contributed by atoms with E-state index in [-0.39, 0.29) is 11.9 Å². The molecule has 1 aromatic carbocycles. The summed E-state index contributed by atoms with van der Waals surface area (Å²) in [6.07, 6.45) is 0.889. The van der Waals surface area contributed by atoms with Crippen molar-refractivity contribution in [2.75, 3.05) is 27.7 Å². The number of rotatable bonds is 6. The van der Waals surface area contributed by atoms with E-state index in [2.05, 4.69) is 22.1 Å². The number of pyridine rings is 1. The summed E-state index contributed by atoms with van der Waals surface area (Å²) in [4.78, 5) is 19.3. The van der Waals surface area contributed by atoms with Crippen LogP contribution in [0.2, 0.25) is 0 Å². The lowest BCUT2D eigenvalue weighted by molar-refractivity contribution is 0.0930. The monoisotopic (exact) mass is 315 g/mol. The van der Waals surface area contributed by atoms with Gasteiger partial charge in [-0.1, -0.05) is 6.92 Å². The van der Waals surface area contributed by atoms with Gasteiger partial charge in [-0.15, -0.1) is 0 Å². The fraction of sp³-hybridized carbons (Fsp3) is 0.444. The van der Waals surface area contributed by atoms with Gasteiger partial charge < -0.3 is 15.0 Å². The van der Waals surface area contributed by atoms with Crippen LogP contribution in [-0.4, -0.2) is 49.6 Å². The van der Waals surface area contributed by atoms with Gasteiger partial charge in [0.25, 0.3) is 5.91 Å². The molecule has 0 radical (unpaired) electrons. The number of aryl methyl sites for hydroxylation is 1. The molecule has 0 aliphatic heterocycles. The lowest BCUT2D eigenvalue weighted by atomic mass is 10.1. The average molecular weight is 315 g/mol. The van der Waals surface area contributed by atoms with Crippen molar-refractivity contribution in [2.45, 2.75) is 26.3 Å². The smallest absolute Gasteiger partial charge is 0.252 e. The lowest BCUT2D eigenvalue weighted by Crippen LogP contribution is -2.41. The Hall–Kier alpha value is -2.14. The zero-order chi connectivity index (χ0) is 17.0. The SMILES string of the molecule is CCC(CN(C)C)NC(=O)c1cc(C)nc2cc(OC)ccc12. The highest BCUT2D eigenvalue weighted by atomic mass is 16.5. The number of methoxy groups -OCH3 is 1. The van der Waals surface area contributed by atoms with Gasteiger partial charge in [0.1, 0.15) is 5.75 Å². The highest BCUT2D eigenvalue weighted by molar-refractivity contribution is 6.06. The van der Waals surface area contributed by atoms with Crippen LogP contribution in [0.15, 0.2) is 24.3 Å². The zero-order valence-corrected chi connectivity index (χ0v) is 14.5.